The predicted octanol–water partition coefficient (Wildman–Crippen LogP) is 4.90. The molecule has 4 aromatic rings. The molecule has 7 rings (SSSR count). The zero-order valence-electron chi connectivity index (χ0n) is 24.7. The predicted molar refractivity (Wildman–Crippen MR) is 170 cm³/mol. The second kappa shape index (κ2) is 12.6. The van der Waals surface area contributed by atoms with E-state index in [0.29, 0.717) is 11.8 Å². The highest BCUT2D eigenvalue weighted by atomic mass is 15.5. The number of aryl methyl sites for hydroxylation is 2. The summed E-state index contributed by atoms with van der Waals surface area (Å²) in [5.74, 6) is 1.22. The maximum absolute atomic E-state index is 6.02. The van der Waals surface area contributed by atoms with Crippen molar-refractivity contribution < 1.29 is 0 Å². The first kappa shape index (κ1) is 27.7. The summed E-state index contributed by atoms with van der Waals surface area (Å²) in [6.07, 6.45) is 15.9. The number of hydrogen-bond acceptors (Lipinski definition) is 9. The van der Waals surface area contributed by atoms with Gasteiger partial charge in [0.05, 0.1) is 23.3 Å². The van der Waals surface area contributed by atoms with Gasteiger partial charge in [-0.05, 0) is 107 Å². The molecule has 0 radical (unpaired) electrons. The molecule has 0 amide bonds. The number of nitrogens with one attached hydrogen (secondary N) is 1. The minimum absolute atomic E-state index is 0.164. The van der Waals surface area contributed by atoms with E-state index in [4.69, 9.17) is 5.73 Å². The maximum atomic E-state index is 6.02. The van der Waals surface area contributed by atoms with Gasteiger partial charge in [-0.2, -0.15) is 9.67 Å². The number of benzene rings is 1. The molecule has 0 atom stereocenters. The van der Waals surface area contributed by atoms with Crippen molar-refractivity contribution in [3.8, 4) is 17.1 Å². The van der Waals surface area contributed by atoms with E-state index in [1.54, 1.807) is 10.9 Å². The van der Waals surface area contributed by atoms with Crippen molar-refractivity contribution >= 4 is 23.7 Å². The molecular weight excluding hydrogens is 536 g/mol. The average Bonchev–Trinajstić information content (AvgIpc) is 3.31. The number of likely N-dealkylation sites (tertiary alicyclic amines) is 2. The summed E-state index contributed by atoms with van der Waals surface area (Å²) in [6.45, 7) is 5.90. The highest BCUT2D eigenvalue weighted by Crippen LogP contribution is 2.31. The number of rotatable bonds is 7. The molecule has 2 saturated heterocycles. The lowest BCUT2D eigenvalue weighted by Crippen LogP contribution is -2.46. The van der Waals surface area contributed by atoms with Gasteiger partial charge >= 0.3 is 0 Å². The molecule has 0 unspecified atom stereocenters. The number of pyridine rings is 1. The van der Waals surface area contributed by atoms with E-state index in [9.17, 15) is 0 Å². The lowest BCUT2D eigenvalue weighted by atomic mass is 10.00. The van der Waals surface area contributed by atoms with Crippen LogP contribution in [0.1, 0.15) is 55.3 Å². The van der Waals surface area contributed by atoms with E-state index < -0.39 is 0 Å². The van der Waals surface area contributed by atoms with E-state index in [1.165, 1.54) is 63.8 Å². The fraction of sp³-hybridized carbons (Fsp3) is 0.424. The van der Waals surface area contributed by atoms with Crippen LogP contribution in [0.3, 0.4) is 0 Å². The molecule has 3 N–H and O–H groups in total. The summed E-state index contributed by atoms with van der Waals surface area (Å²) >= 11 is 0. The van der Waals surface area contributed by atoms with Gasteiger partial charge < -0.3 is 16.0 Å². The first-order valence-electron chi connectivity index (χ1n) is 15.7. The fourth-order valence-corrected chi connectivity index (χ4v) is 6.73. The summed E-state index contributed by atoms with van der Waals surface area (Å²) in [5.41, 5.74) is 12.3. The van der Waals surface area contributed by atoms with Gasteiger partial charge in [0.25, 0.3) is 0 Å². The lowest BCUT2D eigenvalue weighted by Gasteiger charge is -2.40. The van der Waals surface area contributed by atoms with Crippen molar-refractivity contribution in [2.45, 2.75) is 57.4 Å². The number of aromatic nitrogens is 6. The molecule has 5 heterocycles. The van der Waals surface area contributed by atoms with Gasteiger partial charge in [-0.1, -0.05) is 36.8 Å². The monoisotopic (exact) mass is 576 g/mol. The van der Waals surface area contributed by atoms with Gasteiger partial charge in [-0.25, -0.2) is 0 Å². The van der Waals surface area contributed by atoms with Crippen LogP contribution in [0.2, 0.25) is 0 Å². The molecule has 2 fully saturated rings. The molecule has 0 spiro atoms. The number of hydrogen-bond donors (Lipinski definition) is 2. The van der Waals surface area contributed by atoms with Gasteiger partial charge in [-0.15, -0.1) is 15.3 Å². The van der Waals surface area contributed by atoms with Crippen LogP contribution >= 0.6 is 0 Å². The van der Waals surface area contributed by atoms with Crippen LogP contribution in [-0.4, -0.2) is 78.5 Å². The Balaban J connectivity index is 0.980. The first-order valence-corrected chi connectivity index (χ1v) is 15.7. The standard InChI is InChI=1S/C33H40N10/c34-32-37-33(43(40-32)30-22-25-10-6-9-24-8-2-3-12-29(24)31(25)39-38-30)36-27-14-13-26(35-23-27)11-7-17-41-20-15-28(16-21-41)42-18-4-1-5-19-42/h2-3,7-8,11-14,22-23,28H,1,4-6,9-10,15-21H2,(H3,34,36,37,40)/b11-7+. The summed E-state index contributed by atoms with van der Waals surface area (Å²) < 4.78 is 1.61. The second-order valence-electron chi connectivity index (χ2n) is 11.9. The third-order valence-electron chi connectivity index (χ3n) is 9.02. The van der Waals surface area contributed by atoms with Crippen LogP contribution in [0.15, 0.2) is 54.7 Å². The number of piperidine rings is 2. The van der Waals surface area contributed by atoms with Crippen molar-refractivity contribution in [2.24, 2.45) is 0 Å². The Morgan fingerprint density at radius 3 is 2.58 bits per heavy atom. The smallest absolute Gasteiger partial charge is 0.241 e. The van der Waals surface area contributed by atoms with E-state index in [2.05, 4.69) is 76.8 Å². The second-order valence-corrected chi connectivity index (χ2v) is 11.9. The fourth-order valence-electron chi connectivity index (χ4n) is 6.73. The minimum atomic E-state index is 0.164. The third-order valence-corrected chi connectivity index (χ3v) is 9.02. The Labute approximate surface area is 253 Å². The molecule has 222 valence electrons. The number of nitrogens with zero attached hydrogens (tertiary/aromatic N) is 8. The van der Waals surface area contributed by atoms with Crippen molar-refractivity contribution in [3.63, 3.8) is 0 Å². The highest BCUT2D eigenvalue weighted by molar-refractivity contribution is 5.68. The van der Waals surface area contributed by atoms with Gasteiger partial charge in [-0.3, -0.25) is 9.88 Å². The molecule has 3 aromatic heterocycles. The Morgan fingerprint density at radius 1 is 0.907 bits per heavy atom. The summed E-state index contributed by atoms with van der Waals surface area (Å²) in [5, 5.41) is 16.9. The van der Waals surface area contributed by atoms with Crippen LogP contribution in [-0.2, 0) is 12.8 Å². The maximum Gasteiger partial charge on any atom is 0.241 e. The lowest BCUT2D eigenvalue weighted by molar-refractivity contribution is 0.0975. The molecule has 2 aliphatic heterocycles. The van der Waals surface area contributed by atoms with Crippen molar-refractivity contribution in [1.82, 2.24) is 39.7 Å². The molecule has 10 heteroatoms. The number of fused-ring (bicyclic) bond motifs is 3. The zero-order valence-corrected chi connectivity index (χ0v) is 24.7. The normalized spacial score (nSPS) is 18.3. The quantitative estimate of drug-likeness (QED) is 0.317. The van der Waals surface area contributed by atoms with E-state index in [0.717, 1.165) is 60.1 Å². The van der Waals surface area contributed by atoms with Gasteiger partial charge in [0.2, 0.25) is 11.9 Å². The van der Waals surface area contributed by atoms with Crippen LogP contribution in [0.25, 0.3) is 23.2 Å². The third kappa shape index (κ3) is 6.30. The largest absolute Gasteiger partial charge is 0.366 e. The van der Waals surface area contributed by atoms with Gasteiger partial charge in [0.15, 0.2) is 5.82 Å². The number of anilines is 3. The highest BCUT2D eigenvalue weighted by Gasteiger charge is 2.25. The zero-order chi connectivity index (χ0) is 29.0. The average molecular weight is 577 g/mol. The van der Waals surface area contributed by atoms with Crippen LogP contribution in [0.5, 0.6) is 0 Å². The van der Waals surface area contributed by atoms with Gasteiger partial charge in [0, 0.05) is 18.2 Å². The molecule has 0 saturated carbocycles. The van der Waals surface area contributed by atoms with Crippen molar-refractivity contribution in [3.05, 3.63) is 71.6 Å². The SMILES string of the molecule is Nc1nc(Nc2ccc(/C=C/CN3CCC(N4CCCCC4)CC3)nc2)n(-c2cc3c(nn2)-c2ccccc2CCC3)n1. The Morgan fingerprint density at radius 2 is 1.74 bits per heavy atom. The Hall–Kier alpha value is -4.15. The molecule has 1 aliphatic carbocycles. The number of nitrogen functional groups attached to an aromatic ring is 1. The van der Waals surface area contributed by atoms with Crippen LogP contribution in [0.4, 0.5) is 17.6 Å². The topological polar surface area (TPSA) is 114 Å². The molecule has 1 aromatic carbocycles. The van der Waals surface area contributed by atoms with Crippen molar-refractivity contribution in [1.29, 1.82) is 0 Å². The molecule has 43 heavy (non-hydrogen) atoms. The van der Waals surface area contributed by atoms with Crippen molar-refractivity contribution in [2.75, 3.05) is 43.8 Å². The molecular formula is C33H40N10. The van der Waals surface area contributed by atoms with E-state index in [-0.39, 0.29) is 5.95 Å². The molecule has 0 bridgehead atoms. The summed E-state index contributed by atoms with van der Waals surface area (Å²) in [6, 6.07) is 15.3. The van der Waals surface area contributed by atoms with Gasteiger partial charge in [0.1, 0.15) is 0 Å². The summed E-state index contributed by atoms with van der Waals surface area (Å²) in [7, 11) is 0. The van der Waals surface area contributed by atoms with E-state index in [1.807, 2.05) is 18.2 Å². The van der Waals surface area contributed by atoms with Crippen LogP contribution < -0.4 is 11.1 Å². The van der Waals surface area contributed by atoms with E-state index >= 15 is 0 Å². The minimum Gasteiger partial charge on any atom is -0.366 e. The number of nitrogens with two attached hydrogens (primary N) is 1. The first-order chi connectivity index (χ1) is 21.2. The Kier molecular flexibility index (Phi) is 8.11. The van der Waals surface area contributed by atoms with Crippen LogP contribution in [0, 0.1) is 0 Å². The Bertz CT molecular complexity index is 1560. The summed E-state index contributed by atoms with van der Waals surface area (Å²) in [4.78, 5) is 14.3. The molecule has 10 nitrogen and oxygen atoms in total. The molecule has 3 aliphatic rings.